The molecule has 6 heavy (non-hydrogen) atoms. The van der Waals surface area contributed by atoms with E-state index in [4.69, 9.17) is 0 Å². The molecule has 1 rings (SSSR count). The molecule has 1 aliphatic heterocycles. The first-order chi connectivity index (χ1) is 2.89. The molecule has 0 aromatic carbocycles. The molecule has 0 spiro atoms. The van der Waals surface area contributed by atoms with Crippen LogP contribution in [0.3, 0.4) is 0 Å². The van der Waals surface area contributed by atoms with Gasteiger partial charge in [0.25, 0.3) is 0 Å². The Kier molecular flexibility index (Phi) is 1.15. The zero-order chi connectivity index (χ0) is 4.41. The largest absolute Gasteiger partial charge is 0.316 e. The number of nitrogens with zero attached hydrogens (tertiary/aromatic N) is 1. The van der Waals surface area contributed by atoms with Crippen LogP contribution in [-0.4, -0.2) is 10.5 Å². The third kappa shape index (κ3) is 0.744. The molecule has 1 nitrogen and oxygen atoms in total. The smallest absolute Gasteiger partial charge is 0.0491 e. The van der Waals surface area contributed by atoms with Crippen molar-refractivity contribution in [3.05, 3.63) is 12.3 Å². The molecule has 0 aliphatic carbocycles. The number of hydrogen-bond acceptors (Lipinski definition) is 1. The van der Waals surface area contributed by atoms with E-state index in [-0.39, 0.29) is 0 Å². The zero-order valence-corrected chi connectivity index (χ0v) is 4.98. The highest BCUT2D eigenvalue weighted by Gasteiger charge is 1.95. The van der Waals surface area contributed by atoms with Crippen molar-refractivity contribution in [3.63, 3.8) is 0 Å². The molecule has 0 bridgehead atoms. The summed E-state index contributed by atoms with van der Waals surface area (Å²) in [6.07, 6.45) is 5.35. The average molecular weight is 148 g/mol. The van der Waals surface area contributed by atoms with E-state index in [1.54, 1.807) is 0 Å². The maximum absolute atomic E-state index is 3.28. The van der Waals surface area contributed by atoms with E-state index in [2.05, 4.69) is 22.2 Å². The van der Waals surface area contributed by atoms with Gasteiger partial charge < -0.3 is 3.93 Å². The molecule has 1 heterocycles. The Balaban J connectivity index is 2.38. The third-order valence-corrected chi connectivity index (χ3v) is 1.37. The van der Waals surface area contributed by atoms with Gasteiger partial charge in [0, 0.05) is 28.9 Å². The minimum atomic E-state index is 1.12. The first kappa shape index (κ1) is 4.19. The molecule has 0 unspecified atom stereocenters. The summed E-state index contributed by atoms with van der Waals surface area (Å²) in [4.78, 5) is 0. The van der Waals surface area contributed by atoms with Crippen LogP contribution in [0.5, 0.6) is 0 Å². The third-order valence-electron chi connectivity index (χ3n) is 0.777. The van der Waals surface area contributed by atoms with E-state index in [1.807, 2.05) is 10.1 Å². The molecule has 0 saturated heterocycles. The lowest BCUT2D eigenvalue weighted by atomic mass is 10.5. The summed E-state index contributed by atoms with van der Waals surface area (Å²) in [6.45, 7) is 1.12. The molecule has 0 N–H and O–H groups in total. The van der Waals surface area contributed by atoms with Crippen LogP contribution in [0.25, 0.3) is 0 Å². The van der Waals surface area contributed by atoms with Crippen LogP contribution < -0.4 is 0 Å². The number of rotatable bonds is 0. The Hall–Kier alpha value is 0.0200. The Labute approximate surface area is 46.0 Å². The molecular formula is C4H6BrN. The van der Waals surface area contributed by atoms with Gasteiger partial charge in [-0.25, -0.2) is 0 Å². The van der Waals surface area contributed by atoms with Gasteiger partial charge in [0.2, 0.25) is 0 Å². The highest BCUT2D eigenvalue weighted by molar-refractivity contribution is 9.07. The molecule has 2 heteroatoms. The normalized spacial score (nSPS) is 19.8. The second-order valence-corrected chi connectivity index (χ2v) is 2.21. The lowest BCUT2D eigenvalue weighted by molar-refractivity contribution is 0.693. The van der Waals surface area contributed by atoms with Crippen molar-refractivity contribution in [1.29, 1.82) is 0 Å². The molecule has 0 atom stereocenters. The quantitative estimate of drug-likeness (QED) is 0.470. The van der Waals surface area contributed by atoms with Gasteiger partial charge in [0.1, 0.15) is 0 Å². The predicted molar refractivity (Wildman–Crippen MR) is 29.4 cm³/mol. The summed E-state index contributed by atoms with van der Waals surface area (Å²) in [5, 5.41) is 0. The molecule has 0 aromatic rings. The van der Waals surface area contributed by atoms with Gasteiger partial charge in [0.15, 0.2) is 0 Å². The summed E-state index contributed by atoms with van der Waals surface area (Å²) in [7, 11) is 0. The molecule has 0 amide bonds. The average Bonchev–Trinajstić information content (AvgIpc) is 1.86. The molecule has 0 fully saturated rings. The second kappa shape index (κ2) is 1.65. The lowest BCUT2D eigenvalue weighted by Crippen LogP contribution is -1.94. The Bertz CT molecular complexity index is 69.9. The molecule has 0 saturated carbocycles. The minimum absolute atomic E-state index is 1.12. The van der Waals surface area contributed by atoms with Gasteiger partial charge in [-0.2, -0.15) is 0 Å². The molecule has 0 radical (unpaired) electrons. The van der Waals surface area contributed by atoms with Gasteiger partial charge in [-0.1, -0.05) is 6.08 Å². The topological polar surface area (TPSA) is 3.24 Å². The van der Waals surface area contributed by atoms with E-state index in [0.717, 1.165) is 6.54 Å². The van der Waals surface area contributed by atoms with Gasteiger partial charge in [-0.15, -0.1) is 0 Å². The highest BCUT2D eigenvalue weighted by Crippen LogP contribution is 2.07. The van der Waals surface area contributed by atoms with E-state index >= 15 is 0 Å². The van der Waals surface area contributed by atoms with Crippen LogP contribution in [-0.2, 0) is 0 Å². The van der Waals surface area contributed by atoms with E-state index < -0.39 is 0 Å². The van der Waals surface area contributed by atoms with Gasteiger partial charge in [0.05, 0.1) is 0 Å². The number of hydrogen-bond donors (Lipinski definition) is 0. The summed E-state index contributed by atoms with van der Waals surface area (Å²) in [5.74, 6) is 0. The molecule has 1 aliphatic rings. The van der Waals surface area contributed by atoms with Crippen molar-refractivity contribution in [3.8, 4) is 0 Å². The molecular weight excluding hydrogens is 142 g/mol. The lowest BCUT2D eigenvalue weighted by Gasteiger charge is -1.98. The summed E-state index contributed by atoms with van der Waals surface area (Å²) < 4.78 is 1.99. The summed E-state index contributed by atoms with van der Waals surface area (Å²) in [6, 6.07) is 0. The van der Waals surface area contributed by atoms with Gasteiger partial charge in [-0.3, -0.25) is 0 Å². The Morgan fingerprint density at radius 2 is 2.50 bits per heavy atom. The first-order valence-electron chi connectivity index (χ1n) is 1.99. The SMILES string of the molecule is BrN1C=CCC1. The zero-order valence-electron chi connectivity index (χ0n) is 3.39. The van der Waals surface area contributed by atoms with Crippen molar-refractivity contribution in [2.24, 2.45) is 0 Å². The van der Waals surface area contributed by atoms with E-state index in [9.17, 15) is 0 Å². The van der Waals surface area contributed by atoms with Crippen LogP contribution in [0.1, 0.15) is 6.42 Å². The summed E-state index contributed by atoms with van der Waals surface area (Å²) >= 11 is 3.28. The van der Waals surface area contributed by atoms with Crippen molar-refractivity contribution in [1.82, 2.24) is 3.93 Å². The van der Waals surface area contributed by atoms with Crippen molar-refractivity contribution >= 4 is 16.1 Å². The van der Waals surface area contributed by atoms with Crippen molar-refractivity contribution in [2.45, 2.75) is 6.42 Å². The maximum atomic E-state index is 3.28. The Morgan fingerprint density at radius 1 is 1.67 bits per heavy atom. The Morgan fingerprint density at radius 3 is 2.67 bits per heavy atom. The fourth-order valence-corrected chi connectivity index (χ4v) is 0.833. The van der Waals surface area contributed by atoms with Crippen molar-refractivity contribution in [2.75, 3.05) is 6.54 Å². The van der Waals surface area contributed by atoms with E-state index in [0.29, 0.717) is 0 Å². The fraction of sp³-hybridized carbons (Fsp3) is 0.500. The van der Waals surface area contributed by atoms with Crippen molar-refractivity contribution < 1.29 is 0 Å². The predicted octanol–water partition coefficient (Wildman–Crippen LogP) is 1.52. The second-order valence-electron chi connectivity index (χ2n) is 1.30. The monoisotopic (exact) mass is 147 g/mol. The van der Waals surface area contributed by atoms with Crippen LogP contribution in [0.2, 0.25) is 0 Å². The first-order valence-corrected chi connectivity index (χ1v) is 2.69. The summed E-state index contributed by atoms with van der Waals surface area (Å²) in [5.41, 5.74) is 0. The van der Waals surface area contributed by atoms with Crippen LogP contribution in [0.15, 0.2) is 12.3 Å². The standard InChI is InChI=1S/C4H6BrN/c5-6-3-1-2-4-6/h1,3H,2,4H2. The van der Waals surface area contributed by atoms with Gasteiger partial charge >= 0.3 is 0 Å². The molecule has 34 valence electrons. The van der Waals surface area contributed by atoms with Crippen LogP contribution in [0.4, 0.5) is 0 Å². The molecule has 0 aromatic heterocycles. The fourth-order valence-electron chi connectivity index (χ4n) is 0.461. The highest BCUT2D eigenvalue weighted by atomic mass is 79.9. The minimum Gasteiger partial charge on any atom is -0.316 e. The maximum Gasteiger partial charge on any atom is 0.0491 e. The van der Waals surface area contributed by atoms with Crippen LogP contribution in [0, 0.1) is 0 Å². The van der Waals surface area contributed by atoms with Gasteiger partial charge in [-0.05, 0) is 6.42 Å². The van der Waals surface area contributed by atoms with E-state index in [1.165, 1.54) is 6.42 Å². The van der Waals surface area contributed by atoms with Crippen LogP contribution >= 0.6 is 16.1 Å². The number of halogens is 1.